The van der Waals surface area contributed by atoms with Gasteiger partial charge < -0.3 is 20.3 Å². The van der Waals surface area contributed by atoms with Crippen LogP contribution in [0.15, 0.2) is 36.7 Å². The van der Waals surface area contributed by atoms with E-state index in [2.05, 4.69) is 32.4 Å². The Balaban J connectivity index is 1.52. The fourth-order valence-corrected chi connectivity index (χ4v) is 2.85. The van der Waals surface area contributed by atoms with Crippen molar-refractivity contribution >= 4 is 23.4 Å². The van der Waals surface area contributed by atoms with Crippen molar-refractivity contribution in [2.75, 3.05) is 35.2 Å². The molecule has 138 valence electrons. The summed E-state index contributed by atoms with van der Waals surface area (Å²) >= 11 is 0. The number of nitrogens with zero attached hydrogens (tertiary/aromatic N) is 3. The molecule has 2 N–H and O–H groups in total. The highest BCUT2D eigenvalue weighted by molar-refractivity contribution is 5.99. The fraction of sp³-hybridized carbons (Fsp3) is 0.421. The molecular weight excluding hydrogens is 330 g/mol. The first kappa shape index (κ1) is 18.0. The predicted octanol–water partition coefficient (Wildman–Crippen LogP) is 3.76. The molecule has 0 spiro atoms. The number of benzene rings is 1. The van der Waals surface area contributed by atoms with E-state index < -0.39 is 0 Å². The van der Waals surface area contributed by atoms with Gasteiger partial charge in [-0.1, -0.05) is 6.92 Å². The maximum Gasteiger partial charge on any atom is 0.323 e. The number of hydrogen-bond acceptors (Lipinski definition) is 5. The van der Waals surface area contributed by atoms with Crippen molar-refractivity contribution in [3.63, 3.8) is 0 Å². The minimum Gasteiger partial charge on any atom is -0.494 e. The molecule has 1 fully saturated rings. The van der Waals surface area contributed by atoms with Crippen LogP contribution < -0.4 is 20.3 Å². The van der Waals surface area contributed by atoms with Crippen molar-refractivity contribution < 1.29 is 9.53 Å². The van der Waals surface area contributed by atoms with Crippen LogP contribution in [0, 0.1) is 5.92 Å². The van der Waals surface area contributed by atoms with E-state index in [9.17, 15) is 4.79 Å². The molecule has 1 aromatic heterocycles. The lowest BCUT2D eigenvalue weighted by molar-refractivity contribution is 0.262. The van der Waals surface area contributed by atoms with Crippen LogP contribution in [0.1, 0.15) is 26.7 Å². The standard InChI is InChI=1S/C19H25N5O2/c1-3-26-17-6-4-15(5-7-17)22-19(25)23-16-12-20-18(21-13-16)24-10-8-14(2)9-11-24/h4-7,12-14H,3,8-11H2,1-2H3,(H2,22,23,25). The molecule has 3 rings (SSSR count). The first-order chi connectivity index (χ1) is 12.6. The molecule has 1 aromatic carbocycles. The average molecular weight is 355 g/mol. The lowest BCUT2D eigenvalue weighted by atomic mass is 10.00. The third kappa shape index (κ3) is 4.84. The van der Waals surface area contributed by atoms with Gasteiger partial charge in [-0.2, -0.15) is 0 Å². The van der Waals surface area contributed by atoms with Gasteiger partial charge in [0.05, 0.1) is 24.7 Å². The van der Waals surface area contributed by atoms with Crippen LogP contribution in [0.4, 0.5) is 22.1 Å². The average Bonchev–Trinajstić information content (AvgIpc) is 2.65. The van der Waals surface area contributed by atoms with E-state index in [1.807, 2.05) is 19.1 Å². The van der Waals surface area contributed by atoms with E-state index >= 15 is 0 Å². The molecule has 26 heavy (non-hydrogen) atoms. The van der Waals surface area contributed by atoms with Crippen molar-refractivity contribution in [3.8, 4) is 5.75 Å². The Kier molecular flexibility index (Phi) is 5.88. The molecule has 0 aliphatic carbocycles. The van der Waals surface area contributed by atoms with Crippen LogP contribution in [0.3, 0.4) is 0 Å². The third-order valence-corrected chi connectivity index (χ3v) is 4.39. The van der Waals surface area contributed by atoms with Crippen LogP contribution in [0.5, 0.6) is 5.75 Å². The van der Waals surface area contributed by atoms with Gasteiger partial charge in [-0.3, -0.25) is 0 Å². The van der Waals surface area contributed by atoms with Crippen molar-refractivity contribution in [2.45, 2.75) is 26.7 Å². The highest BCUT2D eigenvalue weighted by Crippen LogP contribution is 2.20. The minimum absolute atomic E-state index is 0.336. The fourth-order valence-electron chi connectivity index (χ4n) is 2.85. The number of carbonyl (C=O) groups excluding carboxylic acids is 1. The van der Waals surface area contributed by atoms with Gasteiger partial charge in [-0.15, -0.1) is 0 Å². The Morgan fingerprint density at radius 3 is 2.35 bits per heavy atom. The Morgan fingerprint density at radius 2 is 1.73 bits per heavy atom. The Labute approximate surface area is 153 Å². The van der Waals surface area contributed by atoms with Gasteiger partial charge in [-0.25, -0.2) is 14.8 Å². The molecule has 7 heteroatoms. The van der Waals surface area contributed by atoms with Crippen molar-refractivity contribution in [1.82, 2.24) is 9.97 Å². The zero-order valence-corrected chi connectivity index (χ0v) is 15.2. The van der Waals surface area contributed by atoms with Crippen LogP contribution in [0.2, 0.25) is 0 Å². The molecule has 1 aliphatic heterocycles. The monoisotopic (exact) mass is 355 g/mol. The molecule has 0 radical (unpaired) electrons. The summed E-state index contributed by atoms with van der Waals surface area (Å²) < 4.78 is 5.38. The number of piperidine rings is 1. The number of aromatic nitrogens is 2. The Bertz CT molecular complexity index is 710. The van der Waals surface area contributed by atoms with E-state index in [-0.39, 0.29) is 6.03 Å². The number of urea groups is 1. The zero-order chi connectivity index (χ0) is 18.4. The molecule has 0 unspecified atom stereocenters. The van der Waals surface area contributed by atoms with Crippen LogP contribution in [-0.2, 0) is 0 Å². The molecule has 7 nitrogen and oxygen atoms in total. The van der Waals surface area contributed by atoms with Gasteiger partial charge in [0.2, 0.25) is 5.95 Å². The number of ether oxygens (including phenoxy) is 1. The molecule has 0 saturated carbocycles. The number of hydrogen-bond donors (Lipinski definition) is 2. The zero-order valence-electron chi connectivity index (χ0n) is 15.2. The second kappa shape index (κ2) is 8.51. The van der Waals surface area contributed by atoms with Gasteiger partial charge in [0.1, 0.15) is 5.75 Å². The Hall–Kier alpha value is -2.83. The SMILES string of the molecule is CCOc1ccc(NC(=O)Nc2cnc(N3CCC(C)CC3)nc2)cc1. The molecule has 2 heterocycles. The van der Waals surface area contributed by atoms with E-state index in [4.69, 9.17) is 4.74 Å². The second-order valence-corrected chi connectivity index (χ2v) is 6.48. The number of amides is 2. The van der Waals surface area contributed by atoms with Gasteiger partial charge in [0.25, 0.3) is 0 Å². The van der Waals surface area contributed by atoms with E-state index in [1.54, 1.807) is 24.5 Å². The van der Waals surface area contributed by atoms with Crippen LogP contribution in [0.25, 0.3) is 0 Å². The molecule has 0 bridgehead atoms. The minimum atomic E-state index is -0.336. The first-order valence-electron chi connectivity index (χ1n) is 9.02. The van der Waals surface area contributed by atoms with E-state index in [0.717, 1.165) is 43.5 Å². The molecule has 1 saturated heterocycles. The topological polar surface area (TPSA) is 79.4 Å². The van der Waals surface area contributed by atoms with E-state index in [1.165, 1.54) is 0 Å². The summed E-state index contributed by atoms with van der Waals surface area (Å²) in [4.78, 5) is 23.0. The van der Waals surface area contributed by atoms with Crippen LogP contribution in [-0.4, -0.2) is 35.7 Å². The second-order valence-electron chi connectivity index (χ2n) is 6.48. The highest BCUT2D eigenvalue weighted by atomic mass is 16.5. The molecule has 0 atom stereocenters. The van der Waals surface area contributed by atoms with Gasteiger partial charge in [0.15, 0.2) is 0 Å². The molecule has 2 aromatic rings. The quantitative estimate of drug-likeness (QED) is 0.854. The number of carbonyl (C=O) groups is 1. The van der Waals surface area contributed by atoms with Gasteiger partial charge in [0, 0.05) is 18.8 Å². The lowest BCUT2D eigenvalue weighted by Crippen LogP contribution is -2.34. The predicted molar refractivity (Wildman–Crippen MR) is 103 cm³/mol. The molecule has 1 aliphatic rings. The molecule has 2 amide bonds. The van der Waals surface area contributed by atoms with Crippen LogP contribution >= 0.6 is 0 Å². The number of nitrogens with one attached hydrogen (secondary N) is 2. The smallest absolute Gasteiger partial charge is 0.323 e. The van der Waals surface area contributed by atoms with Gasteiger partial charge >= 0.3 is 6.03 Å². The van der Waals surface area contributed by atoms with Crippen molar-refractivity contribution in [2.24, 2.45) is 5.92 Å². The van der Waals surface area contributed by atoms with Gasteiger partial charge in [-0.05, 0) is 49.9 Å². The largest absolute Gasteiger partial charge is 0.494 e. The summed E-state index contributed by atoms with van der Waals surface area (Å²) in [5.74, 6) is 2.25. The van der Waals surface area contributed by atoms with Crippen molar-refractivity contribution in [1.29, 1.82) is 0 Å². The summed E-state index contributed by atoms with van der Waals surface area (Å²) in [6, 6.07) is 6.88. The molecular formula is C19H25N5O2. The lowest BCUT2D eigenvalue weighted by Gasteiger charge is -2.30. The number of rotatable bonds is 5. The first-order valence-corrected chi connectivity index (χ1v) is 9.02. The summed E-state index contributed by atoms with van der Waals surface area (Å²) in [5.41, 5.74) is 1.24. The van der Waals surface area contributed by atoms with E-state index in [0.29, 0.717) is 18.0 Å². The Morgan fingerprint density at radius 1 is 1.12 bits per heavy atom. The maximum absolute atomic E-state index is 12.1. The third-order valence-electron chi connectivity index (χ3n) is 4.39. The van der Waals surface area contributed by atoms with Crippen molar-refractivity contribution in [3.05, 3.63) is 36.7 Å². The maximum atomic E-state index is 12.1. The highest BCUT2D eigenvalue weighted by Gasteiger charge is 2.17. The summed E-state index contributed by atoms with van der Waals surface area (Å²) in [6.07, 6.45) is 5.60. The summed E-state index contributed by atoms with van der Waals surface area (Å²) in [6.45, 7) is 6.77. The normalized spacial score (nSPS) is 14.8. The number of anilines is 3. The summed E-state index contributed by atoms with van der Waals surface area (Å²) in [7, 11) is 0. The summed E-state index contributed by atoms with van der Waals surface area (Å²) in [5, 5.41) is 5.51.